The van der Waals surface area contributed by atoms with Crippen molar-refractivity contribution in [2.24, 2.45) is 12.8 Å². The third-order valence-corrected chi connectivity index (χ3v) is 6.96. The Labute approximate surface area is 118 Å². The molecule has 1 aliphatic rings. The van der Waals surface area contributed by atoms with Gasteiger partial charge in [0.05, 0.1) is 23.0 Å². The number of nitrogens with one attached hydrogen (secondary N) is 1. The number of sulfonamides is 1. The van der Waals surface area contributed by atoms with E-state index in [2.05, 4.69) is 9.82 Å². The van der Waals surface area contributed by atoms with Gasteiger partial charge in [-0.3, -0.25) is 9.40 Å². The number of aromatic nitrogens is 2. The predicted octanol–water partition coefficient (Wildman–Crippen LogP) is -0.802. The maximum atomic E-state index is 12.3. The molecule has 1 fully saturated rings. The number of aryl methyl sites for hydroxylation is 1. The van der Waals surface area contributed by atoms with E-state index in [0.29, 0.717) is 11.4 Å². The van der Waals surface area contributed by atoms with Gasteiger partial charge in [-0.05, 0) is 12.8 Å². The molecule has 0 aliphatic carbocycles. The molecular formula is C10H18N4O4S2. The molecular weight excluding hydrogens is 304 g/mol. The fraction of sp³-hybridized carbons (Fsp3) is 0.700. The summed E-state index contributed by atoms with van der Waals surface area (Å²) in [4.78, 5) is 0. The average molecular weight is 322 g/mol. The van der Waals surface area contributed by atoms with Crippen molar-refractivity contribution in [3.63, 3.8) is 0 Å². The molecule has 0 radical (unpaired) electrons. The first-order valence-electron chi connectivity index (χ1n) is 6.18. The van der Waals surface area contributed by atoms with Crippen molar-refractivity contribution in [2.75, 3.05) is 16.2 Å². The lowest BCUT2D eigenvalue weighted by Crippen LogP contribution is -2.36. The van der Waals surface area contributed by atoms with Crippen LogP contribution >= 0.6 is 0 Å². The minimum Gasteiger partial charge on any atom is -0.326 e. The average Bonchev–Trinajstić information content (AvgIpc) is 2.69. The van der Waals surface area contributed by atoms with Crippen molar-refractivity contribution >= 4 is 25.7 Å². The van der Waals surface area contributed by atoms with Crippen LogP contribution in [0.2, 0.25) is 0 Å². The second-order valence-electron chi connectivity index (χ2n) is 4.84. The van der Waals surface area contributed by atoms with Crippen molar-refractivity contribution < 1.29 is 16.8 Å². The van der Waals surface area contributed by atoms with Gasteiger partial charge in [0.2, 0.25) is 10.0 Å². The Balaban J connectivity index is 2.18. The Bertz CT molecular complexity index is 679. The third-order valence-electron chi connectivity index (χ3n) is 3.41. The van der Waals surface area contributed by atoms with E-state index in [-0.39, 0.29) is 30.9 Å². The summed E-state index contributed by atoms with van der Waals surface area (Å²) in [5.74, 6) is 0.155. The Morgan fingerprint density at radius 1 is 1.45 bits per heavy atom. The number of nitrogens with zero attached hydrogens (tertiary/aromatic N) is 2. The molecule has 0 amide bonds. The summed E-state index contributed by atoms with van der Waals surface area (Å²) in [6, 6.07) is 0. The van der Waals surface area contributed by atoms with Crippen LogP contribution in [0.5, 0.6) is 0 Å². The molecule has 0 aromatic carbocycles. The van der Waals surface area contributed by atoms with Gasteiger partial charge >= 0.3 is 0 Å². The minimum absolute atomic E-state index is 0.0896. The van der Waals surface area contributed by atoms with E-state index < -0.39 is 25.1 Å². The SMILES string of the molecule is Cn1ncc(CN)c1NS(=O)(=O)C1CCS(=O)(=O)CC1. The standard InChI is InChI=1S/C10H18N4O4S2/c1-14-10(8(6-11)7-12-14)13-20(17,18)9-2-4-19(15,16)5-3-9/h7,9,13H,2-6,11H2,1H3. The monoisotopic (exact) mass is 322 g/mol. The van der Waals surface area contributed by atoms with E-state index in [1.807, 2.05) is 0 Å². The van der Waals surface area contributed by atoms with E-state index in [1.54, 1.807) is 7.05 Å². The maximum Gasteiger partial charge on any atom is 0.236 e. The molecule has 1 aliphatic heterocycles. The molecule has 1 aromatic rings. The molecule has 0 bridgehead atoms. The molecule has 20 heavy (non-hydrogen) atoms. The first-order valence-corrected chi connectivity index (χ1v) is 9.55. The molecule has 0 spiro atoms. The number of hydrogen-bond donors (Lipinski definition) is 2. The Kier molecular flexibility index (Phi) is 4.07. The highest BCUT2D eigenvalue weighted by Crippen LogP contribution is 2.23. The summed E-state index contributed by atoms with van der Waals surface area (Å²) in [6.45, 7) is 0.171. The Hall–Kier alpha value is -1.13. The summed E-state index contributed by atoms with van der Waals surface area (Å²) in [5.41, 5.74) is 6.13. The lowest BCUT2D eigenvalue weighted by atomic mass is 10.2. The van der Waals surface area contributed by atoms with E-state index in [0.717, 1.165) is 0 Å². The molecule has 1 saturated heterocycles. The quantitative estimate of drug-likeness (QED) is 0.747. The van der Waals surface area contributed by atoms with Gasteiger partial charge in [-0.25, -0.2) is 16.8 Å². The Morgan fingerprint density at radius 2 is 2.05 bits per heavy atom. The predicted molar refractivity (Wildman–Crippen MR) is 75.3 cm³/mol. The number of nitrogens with two attached hydrogens (primary N) is 1. The number of anilines is 1. The van der Waals surface area contributed by atoms with Gasteiger partial charge in [0.15, 0.2) is 0 Å². The normalized spacial score (nSPS) is 19.9. The van der Waals surface area contributed by atoms with Crippen molar-refractivity contribution in [1.82, 2.24) is 9.78 Å². The van der Waals surface area contributed by atoms with Crippen LogP contribution in [-0.4, -0.2) is 43.4 Å². The Morgan fingerprint density at radius 3 is 2.60 bits per heavy atom. The zero-order chi connectivity index (χ0) is 15.0. The third kappa shape index (κ3) is 3.13. The maximum absolute atomic E-state index is 12.3. The summed E-state index contributed by atoms with van der Waals surface area (Å²) in [7, 11) is -5.12. The second kappa shape index (κ2) is 5.34. The van der Waals surface area contributed by atoms with Gasteiger partial charge in [0.1, 0.15) is 15.7 Å². The van der Waals surface area contributed by atoms with Gasteiger partial charge < -0.3 is 5.73 Å². The van der Waals surface area contributed by atoms with Crippen LogP contribution in [0.3, 0.4) is 0 Å². The number of hydrogen-bond acceptors (Lipinski definition) is 6. The van der Waals surface area contributed by atoms with Crippen molar-refractivity contribution in [2.45, 2.75) is 24.6 Å². The van der Waals surface area contributed by atoms with Gasteiger partial charge in [-0.2, -0.15) is 5.10 Å². The van der Waals surface area contributed by atoms with Crippen LogP contribution in [0.25, 0.3) is 0 Å². The summed E-state index contributed by atoms with van der Waals surface area (Å²) in [5, 5.41) is 3.25. The summed E-state index contributed by atoms with van der Waals surface area (Å²) in [6.07, 6.45) is 1.74. The number of sulfone groups is 1. The molecule has 3 N–H and O–H groups in total. The van der Waals surface area contributed by atoms with Crippen LogP contribution in [0.4, 0.5) is 5.82 Å². The molecule has 8 nitrogen and oxygen atoms in total. The van der Waals surface area contributed by atoms with E-state index in [9.17, 15) is 16.8 Å². The zero-order valence-electron chi connectivity index (χ0n) is 11.1. The molecule has 0 saturated carbocycles. The molecule has 1 aromatic heterocycles. The smallest absolute Gasteiger partial charge is 0.236 e. The van der Waals surface area contributed by atoms with Crippen LogP contribution in [-0.2, 0) is 33.5 Å². The van der Waals surface area contributed by atoms with Gasteiger partial charge in [0.25, 0.3) is 0 Å². The fourth-order valence-electron chi connectivity index (χ4n) is 2.16. The van der Waals surface area contributed by atoms with E-state index in [1.165, 1.54) is 10.9 Å². The highest BCUT2D eigenvalue weighted by Gasteiger charge is 2.33. The van der Waals surface area contributed by atoms with Gasteiger partial charge in [-0.1, -0.05) is 0 Å². The van der Waals surface area contributed by atoms with Crippen molar-refractivity contribution in [3.05, 3.63) is 11.8 Å². The molecule has 10 heteroatoms. The van der Waals surface area contributed by atoms with E-state index in [4.69, 9.17) is 5.73 Å². The molecule has 2 heterocycles. The van der Waals surface area contributed by atoms with Gasteiger partial charge in [-0.15, -0.1) is 0 Å². The van der Waals surface area contributed by atoms with E-state index >= 15 is 0 Å². The second-order valence-corrected chi connectivity index (χ2v) is 9.11. The largest absolute Gasteiger partial charge is 0.326 e. The van der Waals surface area contributed by atoms with Crippen LogP contribution in [0.15, 0.2) is 6.20 Å². The van der Waals surface area contributed by atoms with Crippen molar-refractivity contribution in [3.8, 4) is 0 Å². The van der Waals surface area contributed by atoms with Crippen molar-refractivity contribution in [1.29, 1.82) is 0 Å². The first kappa shape index (κ1) is 15.3. The molecule has 2 rings (SSSR count). The van der Waals surface area contributed by atoms with Crippen LogP contribution in [0.1, 0.15) is 18.4 Å². The van der Waals surface area contributed by atoms with Crippen LogP contribution in [0, 0.1) is 0 Å². The molecule has 0 unspecified atom stereocenters. The minimum atomic E-state index is -3.64. The highest BCUT2D eigenvalue weighted by atomic mass is 32.2. The topological polar surface area (TPSA) is 124 Å². The summed E-state index contributed by atoms with van der Waals surface area (Å²) < 4.78 is 51.2. The lowest BCUT2D eigenvalue weighted by molar-refractivity contribution is 0.555. The lowest BCUT2D eigenvalue weighted by Gasteiger charge is -2.22. The number of rotatable bonds is 4. The zero-order valence-corrected chi connectivity index (χ0v) is 12.7. The first-order chi connectivity index (χ1) is 9.25. The van der Waals surface area contributed by atoms with Gasteiger partial charge in [0, 0.05) is 19.2 Å². The highest BCUT2D eigenvalue weighted by molar-refractivity contribution is 7.94. The summed E-state index contributed by atoms with van der Waals surface area (Å²) >= 11 is 0. The fourth-order valence-corrected chi connectivity index (χ4v) is 5.51. The van der Waals surface area contributed by atoms with Crippen LogP contribution < -0.4 is 10.5 Å². The molecule has 114 valence electrons. The molecule has 0 atom stereocenters.